The third kappa shape index (κ3) is 4.86. The van der Waals surface area contributed by atoms with Gasteiger partial charge < -0.3 is 19.4 Å². The molecular formula is C24H20BrClN2O3. The van der Waals surface area contributed by atoms with Crippen molar-refractivity contribution in [1.29, 1.82) is 0 Å². The van der Waals surface area contributed by atoms with Crippen LogP contribution in [0.2, 0.25) is 5.02 Å². The van der Waals surface area contributed by atoms with Gasteiger partial charge in [-0.3, -0.25) is 0 Å². The molecule has 1 heterocycles. The van der Waals surface area contributed by atoms with Crippen molar-refractivity contribution in [1.82, 2.24) is 4.57 Å². The Hall–Kier alpha value is -2.96. The minimum Gasteiger partial charge on any atom is -0.482 e. The predicted octanol–water partition coefficient (Wildman–Crippen LogP) is 6.60. The van der Waals surface area contributed by atoms with Crippen molar-refractivity contribution in [2.75, 3.05) is 17.9 Å². The van der Waals surface area contributed by atoms with E-state index in [9.17, 15) is 4.79 Å². The number of anilines is 2. The molecule has 3 aromatic carbocycles. The molecule has 0 saturated heterocycles. The summed E-state index contributed by atoms with van der Waals surface area (Å²) in [4.78, 5) is 12.1. The molecule has 31 heavy (non-hydrogen) atoms. The van der Waals surface area contributed by atoms with Gasteiger partial charge in [-0.25, -0.2) is 4.79 Å². The molecule has 4 aromatic rings. The predicted molar refractivity (Wildman–Crippen MR) is 128 cm³/mol. The molecule has 0 aliphatic rings. The summed E-state index contributed by atoms with van der Waals surface area (Å²) in [6, 6.07) is 21.3. The van der Waals surface area contributed by atoms with Gasteiger partial charge in [0.25, 0.3) is 0 Å². The average molecular weight is 500 g/mol. The quantitative estimate of drug-likeness (QED) is 0.230. The number of hydrogen-bond acceptors (Lipinski definition) is 4. The Kier molecular flexibility index (Phi) is 6.49. The standard InChI is InChI=1S/C24H20BrClN2O3/c1-30-24(29)21-13-18(26)5-7-22(21)27-19-6-8-23-17(12-19)9-10-28(23)14-16-3-2-4-20(11-16)31-15-25/h2-13,27H,14-15H2,1H3. The summed E-state index contributed by atoms with van der Waals surface area (Å²) >= 11 is 9.34. The number of rotatable bonds is 7. The number of methoxy groups -OCH3 is 1. The molecule has 0 spiro atoms. The van der Waals surface area contributed by atoms with Crippen LogP contribution in [0.4, 0.5) is 11.4 Å². The van der Waals surface area contributed by atoms with Crippen molar-refractivity contribution in [3.05, 3.63) is 89.1 Å². The van der Waals surface area contributed by atoms with Crippen LogP contribution in [0.5, 0.6) is 5.75 Å². The fourth-order valence-corrected chi connectivity index (χ4v) is 3.91. The number of fused-ring (bicyclic) bond motifs is 1. The largest absolute Gasteiger partial charge is 0.482 e. The SMILES string of the molecule is COC(=O)c1cc(Cl)ccc1Nc1ccc2c(ccn2Cc2cccc(OCBr)c2)c1. The average Bonchev–Trinajstić information content (AvgIpc) is 3.17. The molecule has 0 aliphatic heterocycles. The van der Waals surface area contributed by atoms with E-state index in [-0.39, 0.29) is 0 Å². The van der Waals surface area contributed by atoms with E-state index in [0.29, 0.717) is 21.8 Å². The lowest BCUT2D eigenvalue weighted by molar-refractivity contribution is 0.0602. The number of alkyl halides is 1. The van der Waals surface area contributed by atoms with Crippen LogP contribution >= 0.6 is 27.5 Å². The highest BCUT2D eigenvalue weighted by Crippen LogP contribution is 2.28. The van der Waals surface area contributed by atoms with Gasteiger partial charge in [0.2, 0.25) is 0 Å². The Morgan fingerprint density at radius 2 is 1.97 bits per heavy atom. The van der Waals surface area contributed by atoms with Crippen LogP contribution in [0.3, 0.4) is 0 Å². The van der Waals surface area contributed by atoms with Gasteiger partial charge in [0, 0.05) is 34.4 Å². The number of aromatic nitrogens is 1. The highest BCUT2D eigenvalue weighted by atomic mass is 79.9. The van der Waals surface area contributed by atoms with Crippen LogP contribution in [-0.2, 0) is 11.3 Å². The topological polar surface area (TPSA) is 52.5 Å². The van der Waals surface area contributed by atoms with Gasteiger partial charge in [0.1, 0.15) is 11.3 Å². The van der Waals surface area contributed by atoms with Crippen molar-refractivity contribution in [2.45, 2.75) is 6.54 Å². The zero-order valence-electron chi connectivity index (χ0n) is 16.8. The molecule has 0 atom stereocenters. The van der Waals surface area contributed by atoms with E-state index in [1.807, 2.05) is 30.3 Å². The summed E-state index contributed by atoms with van der Waals surface area (Å²) < 4.78 is 12.6. The second kappa shape index (κ2) is 9.45. The second-order valence-electron chi connectivity index (χ2n) is 6.92. The highest BCUT2D eigenvalue weighted by molar-refractivity contribution is 9.09. The number of nitrogens with one attached hydrogen (secondary N) is 1. The first kappa shape index (κ1) is 21.3. The molecule has 0 radical (unpaired) electrons. The number of benzene rings is 3. The molecule has 1 N–H and O–H groups in total. The maximum atomic E-state index is 12.1. The van der Waals surface area contributed by atoms with Crippen molar-refractivity contribution < 1.29 is 14.3 Å². The maximum absolute atomic E-state index is 12.1. The molecule has 0 fully saturated rings. The maximum Gasteiger partial charge on any atom is 0.340 e. The lowest BCUT2D eigenvalue weighted by Gasteiger charge is -2.12. The normalized spacial score (nSPS) is 10.8. The fraction of sp³-hybridized carbons (Fsp3) is 0.125. The molecule has 7 heteroatoms. The van der Waals surface area contributed by atoms with Crippen molar-refractivity contribution in [2.24, 2.45) is 0 Å². The van der Waals surface area contributed by atoms with Crippen molar-refractivity contribution >= 4 is 55.8 Å². The van der Waals surface area contributed by atoms with E-state index < -0.39 is 5.97 Å². The van der Waals surface area contributed by atoms with E-state index in [1.54, 1.807) is 18.2 Å². The number of ether oxygens (including phenoxy) is 2. The van der Waals surface area contributed by atoms with Crippen molar-refractivity contribution in [3.8, 4) is 5.75 Å². The Morgan fingerprint density at radius 1 is 1.10 bits per heavy atom. The smallest absolute Gasteiger partial charge is 0.340 e. The first-order chi connectivity index (χ1) is 15.1. The summed E-state index contributed by atoms with van der Waals surface area (Å²) in [5.41, 5.74) is 4.62. The number of nitrogens with zero attached hydrogens (tertiary/aromatic N) is 1. The Labute approximate surface area is 193 Å². The molecular weight excluding hydrogens is 480 g/mol. The van der Waals surface area contributed by atoms with Crippen LogP contribution in [0.1, 0.15) is 15.9 Å². The minimum absolute atomic E-state index is 0.387. The summed E-state index contributed by atoms with van der Waals surface area (Å²) in [7, 11) is 1.35. The Balaban J connectivity index is 1.58. The van der Waals surface area contributed by atoms with E-state index in [4.69, 9.17) is 21.1 Å². The molecule has 0 bridgehead atoms. The number of esters is 1. The van der Waals surface area contributed by atoms with E-state index >= 15 is 0 Å². The van der Waals surface area contributed by atoms with E-state index in [0.717, 1.165) is 34.4 Å². The van der Waals surface area contributed by atoms with Gasteiger partial charge in [-0.15, -0.1) is 0 Å². The third-order valence-electron chi connectivity index (χ3n) is 4.91. The number of carbonyl (C=O) groups excluding carboxylic acids is 1. The van der Waals surface area contributed by atoms with Gasteiger partial charge >= 0.3 is 5.97 Å². The molecule has 4 rings (SSSR count). The van der Waals surface area contributed by atoms with E-state index in [1.165, 1.54) is 7.11 Å². The Morgan fingerprint density at radius 3 is 2.77 bits per heavy atom. The molecule has 158 valence electrons. The zero-order chi connectivity index (χ0) is 21.8. The first-order valence-electron chi connectivity index (χ1n) is 9.59. The van der Waals surface area contributed by atoms with Gasteiger partial charge in [-0.05, 0) is 76.1 Å². The molecule has 1 aromatic heterocycles. The molecule has 0 saturated carbocycles. The van der Waals surface area contributed by atoms with Gasteiger partial charge in [0.15, 0.2) is 0 Å². The molecule has 0 aliphatic carbocycles. The third-order valence-corrected chi connectivity index (χ3v) is 5.37. The summed E-state index contributed by atoms with van der Waals surface area (Å²) in [5.74, 6) is 0.394. The number of carbonyl (C=O) groups is 1. The zero-order valence-corrected chi connectivity index (χ0v) is 19.1. The summed E-state index contributed by atoms with van der Waals surface area (Å²) in [6.07, 6.45) is 2.06. The lowest BCUT2D eigenvalue weighted by Crippen LogP contribution is -2.05. The van der Waals surface area contributed by atoms with E-state index in [2.05, 4.69) is 50.2 Å². The second-order valence-corrected chi connectivity index (χ2v) is 7.82. The summed E-state index contributed by atoms with van der Waals surface area (Å²) in [6.45, 7) is 0.736. The van der Waals surface area contributed by atoms with Crippen LogP contribution < -0.4 is 10.1 Å². The van der Waals surface area contributed by atoms with Crippen molar-refractivity contribution in [3.63, 3.8) is 0 Å². The van der Waals surface area contributed by atoms with Crippen LogP contribution in [0.15, 0.2) is 72.9 Å². The Bertz CT molecular complexity index is 1240. The minimum atomic E-state index is -0.441. The summed E-state index contributed by atoms with van der Waals surface area (Å²) in [5, 5.41) is 4.86. The van der Waals surface area contributed by atoms with Crippen LogP contribution in [0, 0.1) is 0 Å². The van der Waals surface area contributed by atoms with Gasteiger partial charge in [-0.1, -0.05) is 23.7 Å². The lowest BCUT2D eigenvalue weighted by atomic mass is 10.1. The van der Waals surface area contributed by atoms with Gasteiger partial charge in [0.05, 0.1) is 18.4 Å². The number of halogens is 2. The molecule has 0 unspecified atom stereocenters. The molecule has 5 nitrogen and oxygen atoms in total. The highest BCUT2D eigenvalue weighted by Gasteiger charge is 2.13. The first-order valence-corrected chi connectivity index (χ1v) is 11.1. The van der Waals surface area contributed by atoms with Crippen LogP contribution in [0.25, 0.3) is 10.9 Å². The molecule has 0 amide bonds. The monoisotopic (exact) mass is 498 g/mol. The fourth-order valence-electron chi connectivity index (χ4n) is 3.47. The number of hydrogen-bond donors (Lipinski definition) is 1. The van der Waals surface area contributed by atoms with Crippen LogP contribution in [-0.4, -0.2) is 23.2 Å². The van der Waals surface area contributed by atoms with Gasteiger partial charge in [-0.2, -0.15) is 0 Å².